The van der Waals surface area contributed by atoms with Crippen LogP contribution in [0.25, 0.3) is 0 Å². The Balaban J connectivity index is 2.82. The van der Waals surface area contributed by atoms with E-state index in [4.69, 9.17) is 11.6 Å². The van der Waals surface area contributed by atoms with Gasteiger partial charge in [-0.05, 0) is 12.5 Å². The summed E-state index contributed by atoms with van der Waals surface area (Å²) >= 11 is 5.81. The molecule has 98 valence electrons. The summed E-state index contributed by atoms with van der Waals surface area (Å²) in [4.78, 5) is 21.4. The van der Waals surface area contributed by atoms with Crippen LogP contribution in [0.2, 0.25) is 0 Å². The van der Waals surface area contributed by atoms with Crippen molar-refractivity contribution in [2.24, 2.45) is 0 Å². The predicted octanol–water partition coefficient (Wildman–Crippen LogP) is 2.48. The highest BCUT2D eigenvalue weighted by molar-refractivity contribution is 6.20. The lowest BCUT2D eigenvalue weighted by atomic mass is 10.2. The molecule has 0 aliphatic carbocycles. The summed E-state index contributed by atoms with van der Waals surface area (Å²) in [6, 6.07) is 2.72. The summed E-state index contributed by atoms with van der Waals surface area (Å²) in [7, 11) is 0. The zero-order valence-electron chi connectivity index (χ0n) is 9.65. The Kier molecular flexibility index (Phi) is 5.03. The van der Waals surface area contributed by atoms with Crippen molar-refractivity contribution in [2.75, 3.05) is 6.54 Å². The van der Waals surface area contributed by atoms with Crippen molar-refractivity contribution in [2.45, 2.75) is 18.7 Å². The number of nitro groups is 1. The first-order chi connectivity index (χ1) is 8.43. The largest absolute Gasteiger partial charge is 0.351 e. The molecule has 0 aliphatic heterocycles. The normalized spacial score (nSPS) is 11.9. The van der Waals surface area contributed by atoms with Crippen molar-refractivity contribution >= 4 is 23.2 Å². The minimum atomic E-state index is -0.827. The van der Waals surface area contributed by atoms with Gasteiger partial charge in [0.1, 0.15) is 5.82 Å². The summed E-state index contributed by atoms with van der Waals surface area (Å²) in [5, 5.41) is 12.8. The Labute approximate surface area is 108 Å². The van der Waals surface area contributed by atoms with Crippen LogP contribution in [0.3, 0.4) is 0 Å². The molecule has 7 heteroatoms. The van der Waals surface area contributed by atoms with Gasteiger partial charge in [-0.25, -0.2) is 4.39 Å². The van der Waals surface area contributed by atoms with Crippen LogP contribution in [0.5, 0.6) is 0 Å². The van der Waals surface area contributed by atoms with Gasteiger partial charge < -0.3 is 5.32 Å². The van der Waals surface area contributed by atoms with E-state index in [2.05, 4.69) is 5.32 Å². The molecule has 0 aromatic heterocycles. The number of nitrogens with one attached hydrogen (secondary N) is 1. The fourth-order valence-corrected chi connectivity index (χ4v) is 1.34. The Hall–Kier alpha value is -1.69. The van der Waals surface area contributed by atoms with E-state index in [1.807, 2.05) is 6.92 Å². The van der Waals surface area contributed by atoms with E-state index in [1.54, 1.807) is 0 Å². The van der Waals surface area contributed by atoms with E-state index >= 15 is 0 Å². The lowest BCUT2D eigenvalue weighted by Gasteiger charge is -2.08. The number of alkyl halides is 1. The summed E-state index contributed by atoms with van der Waals surface area (Å²) < 4.78 is 13.1. The van der Waals surface area contributed by atoms with Gasteiger partial charge in [-0.1, -0.05) is 6.92 Å². The van der Waals surface area contributed by atoms with Crippen molar-refractivity contribution in [1.82, 2.24) is 5.32 Å². The number of benzene rings is 1. The number of halogens is 2. The number of rotatable bonds is 5. The molecule has 0 heterocycles. The van der Waals surface area contributed by atoms with Crippen LogP contribution in [-0.2, 0) is 0 Å². The first-order valence-electron chi connectivity index (χ1n) is 5.31. The first kappa shape index (κ1) is 14.4. The Bertz CT molecular complexity index is 468. The summed E-state index contributed by atoms with van der Waals surface area (Å²) in [5.74, 6) is -1.41. The Morgan fingerprint density at radius 3 is 2.78 bits per heavy atom. The number of hydrogen-bond donors (Lipinski definition) is 1. The minimum absolute atomic E-state index is 0.0957. The van der Waals surface area contributed by atoms with E-state index in [0.717, 1.165) is 18.2 Å². The number of nitrogens with zero attached hydrogens (tertiary/aromatic N) is 1. The number of carbonyl (C=O) groups is 1. The van der Waals surface area contributed by atoms with Crippen LogP contribution in [-0.4, -0.2) is 22.8 Å². The van der Waals surface area contributed by atoms with Gasteiger partial charge in [0, 0.05) is 18.2 Å². The van der Waals surface area contributed by atoms with Crippen LogP contribution < -0.4 is 5.32 Å². The monoisotopic (exact) mass is 274 g/mol. The van der Waals surface area contributed by atoms with Gasteiger partial charge in [0.2, 0.25) is 0 Å². The number of amides is 1. The molecule has 1 amide bonds. The van der Waals surface area contributed by atoms with Crippen LogP contribution in [0.4, 0.5) is 10.1 Å². The quantitative estimate of drug-likeness (QED) is 0.509. The lowest BCUT2D eigenvalue weighted by molar-refractivity contribution is -0.385. The third-order valence-electron chi connectivity index (χ3n) is 2.28. The molecule has 0 spiro atoms. The second-order valence-electron chi connectivity index (χ2n) is 3.67. The second-order valence-corrected chi connectivity index (χ2v) is 4.29. The fourth-order valence-electron chi connectivity index (χ4n) is 1.26. The van der Waals surface area contributed by atoms with Crippen molar-refractivity contribution in [3.05, 3.63) is 39.7 Å². The molecule has 1 aromatic rings. The Morgan fingerprint density at radius 2 is 2.22 bits per heavy atom. The van der Waals surface area contributed by atoms with E-state index in [0.29, 0.717) is 6.42 Å². The molecule has 0 radical (unpaired) electrons. The topological polar surface area (TPSA) is 72.2 Å². The van der Waals surface area contributed by atoms with Crippen molar-refractivity contribution in [3.63, 3.8) is 0 Å². The van der Waals surface area contributed by atoms with E-state index in [9.17, 15) is 19.3 Å². The highest BCUT2D eigenvalue weighted by Gasteiger charge is 2.15. The van der Waals surface area contributed by atoms with Crippen molar-refractivity contribution in [3.8, 4) is 0 Å². The van der Waals surface area contributed by atoms with Crippen LogP contribution >= 0.6 is 11.6 Å². The standard InChI is InChI=1S/C11H12ClFN2O3/c1-2-8(12)6-14-11(16)7-3-9(13)5-10(4-7)15(17)18/h3-5,8H,2,6H2,1H3,(H,14,16). The van der Waals surface area contributed by atoms with Gasteiger partial charge in [0.15, 0.2) is 0 Å². The molecule has 5 nitrogen and oxygen atoms in total. The van der Waals surface area contributed by atoms with Gasteiger partial charge in [-0.15, -0.1) is 11.6 Å². The molecule has 1 atom stereocenters. The van der Waals surface area contributed by atoms with Gasteiger partial charge in [-0.3, -0.25) is 14.9 Å². The molecule has 1 aromatic carbocycles. The van der Waals surface area contributed by atoms with Crippen LogP contribution in [0.15, 0.2) is 18.2 Å². The molecule has 1 rings (SSSR count). The zero-order valence-corrected chi connectivity index (χ0v) is 10.4. The maximum Gasteiger partial charge on any atom is 0.273 e. The summed E-state index contributed by atoms with van der Waals surface area (Å²) in [6.07, 6.45) is 0.672. The highest BCUT2D eigenvalue weighted by atomic mass is 35.5. The molecule has 0 aliphatic rings. The predicted molar refractivity (Wildman–Crippen MR) is 65.3 cm³/mol. The molecule has 0 saturated carbocycles. The molecule has 0 bridgehead atoms. The molecule has 1 N–H and O–H groups in total. The van der Waals surface area contributed by atoms with Gasteiger partial charge in [0.05, 0.1) is 16.4 Å². The Morgan fingerprint density at radius 1 is 1.56 bits per heavy atom. The maximum atomic E-state index is 13.1. The molecule has 0 fully saturated rings. The second kappa shape index (κ2) is 6.30. The number of non-ortho nitro benzene ring substituents is 1. The van der Waals surface area contributed by atoms with Gasteiger partial charge in [-0.2, -0.15) is 0 Å². The average molecular weight is 275 g/mol. The number of nitro benzene ring substituents is 1. The van der Waals surface area contributed by atoms with Crippen LogP contribution in [0.1, 0.15) is 23.7 Å². The number of carbonyl (C=O) groups excluding carboxylic acids is 1. The number of hydrogen-bond acceptors (Lipinski definition) is 3. The third kappa shape index (κ3) is 3.96. The van der Waals surface area contributed by atoms with E-state index < -0.39 is 22.3 Å². The van der Waals surface area contributed by atoms with Crippen LogP contribution in [0, 0.1) is 15.9 Å². The van der Waals surface area contributed by atoms with Crippen molar-refractivity contribution in [1.29, 1.82) is 0 Å². The maximum absolute atomic E-state index is 13.1. The third-order valence-corrected chi connectivity index (χ3v) is 2.75. The summed E-state index contributed by atoms with van der Waals surface area (Å²) in [5.41, 5.74) is -0.556. The van der Waals surface area contributed by atoms with E-state index in [1.165, 1.54) is 0 Å². The lowest BCUT2D eigenvalue weighted by Crippen LogP contribution is -2.29. The van der Waals surface area contributed by atoms with Gasteiger partial charge >= 0.3 is 0 Å². The minimum Gasteiger partial charge on any atom is -0.351 e. The average Bonchev–Trinajstić information content (AvgIpc) is 2.34. The summed E-state index contributed by atoms with van der Waals surface area (Å²) in [6.45, 7) is 2.08. The molecular formula is C11H12ClFN2O3. The molecule has 1 unspecified atom stereocenters. The fraction of sp³-hybridized carbons (Fsp3) is 0.364. The molecular weight excluding hydrogens is 263 g/mol. The smallest absolute Gasteiger partial charge is 0.273 e. The van der Waals surface area contributed by atoms with E-state index in [-0.39, 0.29) is 17.5 Å². The van der Waals surface area contributed by atoms with Crippen molar-refractivity contribution < 1.29 is 14.1 Å². The molecule has 18 heavy (non-hydrogen) atoms. The zero-order chi connectivity index (χ0) is 13.7. The SMILES string of the molecule is CCC(Cl)CNC(=O)c1cc(F)cc([N+](=O)[O-])c1. The first-order valence-corrected chi connectivity index (χ1v) is 5.75. The highest BCUT2D eigenvalue weighted by Crippen LogP contribution is 2.16. The molecule has 0 saturated heterocycles. The van der Waals surface area contributed by atoms with Gasteiger partial charge in [0.25, 0.3) is 11.6 Å².